The van der Waals surface area contributed by atoms with Crippen LogP contribution in [0.3, 0.4) is 0 Å². The molecule has 86 valence electrons. The molecule has 5 heteroatoms. The van der Waals surface area contributed by atoms with Gasteiger partial charge in [0, 0.05) is 6.20 Å². The van der Waals surface area contributed by atoms with Crippen molar-refractivity contribution in [3.05, 3.63) is 58.3 Å². The van der Waals surface area contributed by atoms with E-state index in [1.54, 1.807) is 0 Å². The summed E-state index contributed by atoms with van der Waals surface area (Å²) in [5.74, 6) is -1.75. The van der Waals surface area contributed by atoms with Gasteiger partial charge in [-0.3, -0.25) is 4.79 Å². The molecule has 0 radical (unpaired) electrons. The maximum Gasteiger partial charge on any atom is 0.336 e. The van der Waals surface area contributed by atoms with Crippen molar-refractivity contribution in [3.63, 3.8) is 0 Å². The molecule has 0 saturated heterocycles. The molecule has 0 aliphatic carbocycles. The van der Waals surface area contributed by atoms with Gasteiger partial charge < -0.3 is 10.1 Å². The molecular weight excluding hydrogens is 225 g/mol. The summed E-state index contributed by atoms with van der Waals surface area (Å²) in [5, 5.41) is 8.97. The van der Waals surface area contributed by atoms with E-state index in [1.807, 2.05) is 0 Å². The zero-order valence-electron chi connectivity index (χ0n) is 8.61. The summed E-state index contributed by atoms with van der Waals surface area (Å²) >= 11 is 0. The van der Waals surface area contributed by atoms with Crippen molar-refractivity contribution in [2.24, 2.45) is 0 Å². The van der Waals surface area contributed by atoms with Gasteiger partial charge in [0.15, 0.2) is 0 Å². The van der Waals surface area contributed by atoms with Crippen molar-refractivity contribution >= 4 is 5.97 Å². The van der Waals surface area contributed by atoms with Gasteiger partial charge in [-0.15, -0.1) is 0 Å². The van der Waals surface area contributed by atoms with Crippen LogP contribution in [0.15, 0.2) is 41.3 Å². The second-order valence-corrected chi connectivity index (χ2v) is 3.41. The first-order valence-electron chi connectivity index (χ1n) is 4.80. The van der Waals surface area contributed by atoms with E-state index in [-0.39, 0.29) is 16.7 Å². The molecule has 0 amide bonds. The third-order valence-electron chi connectivity index (χ3n) is 2.30. The lowest BCUT2D eigenvalue weighted by Crippen LogP contribution is -2.14. The molecular formula is C12H8FNO3. The third kappa shape index (κ3) is 2.08. The summed E-state index contributed by atoms with van der Waals surface area (Å²) in [5.41, 5.74) is -0.515. The highest BCUT2D eigenvalue weighted by molar-refractivity contribution is 5.95. The SMILES string of the molecule is O=C(O)c1cc[nH]c(=O)c1-c1cccc(F)c1. The number of nitrogens with one attached hydrogen (secondary N) is 1. The molecule has 2 rings (SSSR count). The maximum absolute atomic E-state index is 13.1. The number of H-pyrrole nitrogens is 1. The van der Waals surface area contributed by atoms with E-state index in [1.165, 1.54) is 30.5 Å². The topological polar surface area (TPSA) is 70.2 Å². The lowest BCUT2D eigenvalue weighted by Gasteiger charge is -2.04. The molecule has 0 spiro atoms. The first-order chi connectivity index (χ1) is 8.09. The summed E-state index contributed by atoms with van der Waals surface area (Å²) in [4.78, 5) is 25.0. The van der Waals surface area contributed by atoms with Crippen LogP contribution in [-0.2, 0) is 0 Å². The minimum atomic E-state index is -1.23. The standard InChI is InChI=1S/C12H8FNO3/c13-8-3-1-2-7(6-8)10-9(12(16)17)4-5-14-11(10)15/h1-6H,(H,14,15)(H,16,17). The molecule has 0 bridgehead atoms. The van der Waals surface area contributed by atoms with Crippen LogP contribution in [-0.4, -0.2) is 16.1 Å². The number of aromatic amines is 1. The van der Waals surface area contributed by atoms with Gasteiger partial charge >= 0.3 is 5.97 Å². The van der Waals surface area contributed by atoms with E-state index in [0.29, 0.717) is 0 Å². The van der Waals surface area contributed by atoms with Crippen LogP contribution in [0.4, 0.5) is 4.39 Å². The zero-order chi connectivity index (χ0) is 12.4. The summed E-state index contributed by atoms with van der Waals surface area (Å²) in [6.45, 7) is 0. The summed E-state index contributed by atoms with van der Waals surface area (Å²) in [7, 11) is 0. The Morgan fingerprint density at radius 3 is 2.71 bits per heavy atom. The van der Waals surface area contributed by atoms with Crippen molar-refractivity contribution in [2.75, 3.05) is 0 Å². The number of rotatable bonds is 2. The van der Waals surface area contributed by atoms with Gasteiger partial charge in [-0.25, -0.2) is 9.18 Å². The van der Waals surface area contributed by atoms with Gasteiger partial charge in [-0.1, -0.05) is 12.1 Å². The smallest absolute Gasteiger partial charge is 0.336 e. The molecule has 17 heavy (non-hydrogen) atoms. The molecule has 0 atom stereocenters. The number of hydrogen-bond acceptors (Lipinski definition) is 2. The molecule has 4 nitrogen and oxygen atoms in total. The van der Waals surface area contributed by atoms with Crippen molar-refractivity contribution in [3.8, 4) is 11.1 Å². The van der Waals surface area contributed by atoms with Gasteiger partial charge in [0.25, 0.3) is 5.56 Å². The number of carbonyl (C=O) groups is 1. The minimum absolute atomic E-state index is 0.0421. The van der Waals surface area contributed by atoms with Crippen molar-refractivity contribution < 1.29 is 14.3 Å². The highest BCUT2D eigenvalue weighted by atomic mass is 19.1. The Balaban J connectivity index is 2.74. The highest BCUT2D eigenvalue weighted by Crippen LogP contribution is 2.20. The summed E-state index contributed by atoms with van der Waals surface area (Å²) in [6.07, 6.45) is 1.24. The second-order valence-electron chi connectivity index (χ2n) is 3.41. The van der Waals surface area contributed by atoms with Crippen molar-refractivity contribution in [1.29, 1.82) is 0 Å². The number of aromatic nitrogens is 1. The Bertz CT molecular complexity index is 634. The average Bonchev–Trinajstić information content (AvgIpc) is 2.28. The predicted molar refractivity (Wildman–Crippen MR) is 59.4 cm³/mol. The number of pyridine rings is 1. The third-order valence-corrected chi connectivity index (χ3v) is 2.30. The molecule has 0 fully saturated rings. The van der Waals surface area contributed by atoms with E-state index in [2.05, 4.69) is 4.98 Å². The van der Waals surface area contributed by atoms with Gasteiger partial charge in [0.05, 0.1) is 11.1 Å². The van der Waals surface area contributed by atoms with Crippen molar-refractivity contribution in [2.45, 2.75) is 0 Å². The second kappa shape index (κ2) is 4.21. The molecule has 0 unspecified atom stereocenters. The number of aromatic carboxylic acids is 1. The number of benzene rings is 1. The van der Waals surface area contributed by atoms with Gasteiger partial charge in [0.1, 0.15) is 5.82 Å². The lowest BCUT2D eigenvalue weighted by atomic mass is 10.0. The predicted octanol–water partition coefficient (Wildman–Crippen LogP) is 1.88. The minimum Gasteiger partial charge on any atom is -0.478 e. The molecule has 2 aromatic rings. The Kier molecular flexibility index (Phi) is 2.74. The Morgan fingerprint density at radius 1 is 1.29 bits per heavy atom. The number of carboxylic acids is 1. The van der Waals surface area contributed by atoms with Crippen LogP contribution < -0.4 is 5.56 Å². The first-order valence-corrected chi connectivity index (χ1v) is 4.80. The van der Waals surface area contributed by atoms with Gasteiger partial charge in [-0.05, 0) is 23.8 Å². The van der Waals surface area contributed by atoms with E-state index >= 15 is 0 Å². The normalized spacial score (nSPS) is 10.2. The Morgan fingerprint density at radius 2 is 2.06 bits per heavy atom. The zero-order valence-corrected chi connectivity index (χ0v) is 8.61. The average molecular weight is 233 g/mol. The Hall–Kier alpha value is -2.43. The fraction of sp³-hybridized carbons (Fsp3) is 0. The quantitative estimate of drug-likeness (QED) is 0.831. The number of carboxylic acid groups (broad SMARTS) is 1. The van der Waals surface area contributed by atoms with Crippen LogP contribution in [0.1, 0.15) is 10.4 Å². The monoisotopic (exact) mass is 233 g/mol. The van der Waals surface area contributed by atoms with Gasteiger partial charge in [0.2, 0.25) is 0 Å². The van der Waals surface area contributed by atoms with Crippen LogP contribution in [0, 0.1) is 5.82 Å². The fourth-order valence-corrected chi connectivity index (χ4v) is 1.59. The van der Waals surface area contributed by atoms with E-state index in [4.69, 9.17) is 5.11 Å². The van der Waals surface area contributed by atoms with Crippen LogP contribution in [0.2, 0.25) is 0 Å². The summed E-state index contributed by atoms with van der Waals surface area (Å²) in [6, 6.07) is 6.52. The summed E-state index contributed by atoms with van der Waals surface area (Å²) < 4.78 is 13.1. The number of halogens is 1. The molecule has 0 aliphatic rings. The molecule has 1 heterocycles. The van der Waals surface area contributed by atoms with Crippen LogP contribution in [0.25, 0.3) is 11.1 Å². The van der Waals surface area contributed by atoms with Crippen LogP contribution in [0.5, 0.6) is 0 Å². The lowest BCUT2D eigenvalue weighted by molar-refractivity contribution is 0.0697. The Labute approximate surface area is 95.4 Å². The molecule has 0 saturated carbocycles. The molecule has 2 N–H and O–H groups in total. The van der Waals surface area contributed by atoms with E-state index in [0.717, 1.165) is 6.07 Å². The van der Waals surface area contributed by atoms with E-state index < -0.39 is 17.3 Å². The van der Waals surface area contributed by atoms with Crippen LogP contribution >= 0.6 is 0 Å². The highest BCUT2D eigenvalue weighted by Gasteiger charge is 2.15. The van der Waals surface area contributed by atoms with Gasteiger partial charge in [-0.2, -0.15) is 0 Å². The molecule has 1 aromatic heterocycles. The molecule has 1 aromatic carbocycles. The van der Waals surface area contributed by atoms with E-state index in [9.17, 15) is 14.0 Å². The number of hydrogen-bond donors (Lipinski definition) is 2. The molecule has 0 aliphatic heterocycles. The maximum atomic E-state index is 13.1. The van der Waals surface area contributed by atoms with Crippen molar-refractivity contribution in [1.82, 2.24) is 4.98 Å². The fourth-order valence-electron chi connectivity index (χ4n) is 1.59. The largest absolute Gasteiger partial charge is 0.478 e. The first kappa shape index (κ1) is 11.1.